The number of hydrogen-bond acceptors (Lipinski definition) is 10. The van der Waals surface area contributed by atoms with Gasteiger partial charge >= 0.3 is 0 Å². The fourth-order valence-corrected chi connectivity index (χ4v) is 7.86. The van der Waals surface area contributed by atoms with Crippen LogP contribution in [0.5, 0.6) is 0 Å². The van der Waals surface area contributed by atoms with Crippen LogP contribution in [0.4, 0.5) is 0 Å². The molecule has 5 heterocycles. The molecular formula is C25H13N7S4. The molecule has 0 atom stereocenters. The maximum Gasteiger partial charge on any atom is 0.155 e. The average Bonchev–Trinajstić information content (AvgIpc) is 3.70. The molecule has 0 saturated carbocycles. The van der Waals surface area contributed by atoms with Crippen molar-refractivity contribution in [3.05, 3.63) is 45.2 Å². The van der Waals surface area contributed by atoms with Gasteiger partial charge in [0.25, 0.3) is 0 Å². The first-order valence-corrected chi connectivity index (χ1v) is 13.9. The standard InChI is InChI=1S/C25H13N7S4/c1-2-7-32-22-20(35-24(30-22)18-5-3-16(33-18)8-14(10-26)11-27)21-23(32)31-25(36-21)19-6-4-17(34-19)9-15(12-28)13-29/h3-6,8-9H,2,7H2,1H3. The SMILES string of the molecule is CCCn1c2nc(-c3ccc(C=C(C#N)C#N)s3)sc2c2sc(-c3ccc(C=C(C#N)C#N)s3)nc21. The summed E-state index contributed by atoms with van der Waals surface area (Å²) >= 11 is 6.24. The second-order valence-electron chi connectivity index (χ2n) is 7.46. The molecule has 5 rings (SSSR count). The minimum absolute atomic E-state index is 0.0738. The fourth-order valence-electron chi connectivity index (χ4n) is 3.59. The zero-order valence-corrected chi connectivity index (χ0v) is 21.9. The van der Waals surface area contributed by atoms with Gasteiger partial charge in [0.15, 0.2) is 11.3 Å². The van der Waals surface area contributed by atoms with Crippen molar-refractivity contribution in [3.8, 4) is 44.0 Å². The molecule has 0 saturated heterocycles. The van der Waals surface area contributed by atoms with Gasteiger partial charge in [-0.05, 0) is 42.8 Å². The summed E-state index contributed by atoms with van der Waals surface area (Å²) in [6.45, 7) is 2.92. The largest absolute Gasteiger partial charge is 0.308 e. The van der Waals surface area contributed by atoms with Crippen LogP contribution in [-0.2, 0) is 6.54 Å². The Kier molecular flexibility index (Phi) is 6.48. The van der Waals surface area contributed by atoms with Crippen molar-refractivity contribution in [1.29, 1.82) is 21.0 Å². The van der Waals surface area contributed by atoms with Gasteiger partial charge < -0.3 is 4.57 Å². The zero-order valence-electron chi connectivity index (χ0n) is 18.6. The summed E-state index contributed by atoms with van der Waals surface area (Å²) in [5, 5.41) is 37.9. The van der Waals surface area contributed by atoms with Gasteiger partial charge in [-0.3, -0.25) is 0 Å². The molecule has 172 valence electrons. The van der Waals surface area contributed by atoms with E-state index in [2.05, 4.69) is 11.5 Å². The topological polar surface area (TPSA) is 126 Å². The highest BCUT2D eigenvalue weighted by atomic mass is 32.1. The minimum atomic E-state index is 0.0738. The van der Waals surface area contributed by atoms with Crippen molar-refractivity contribution in [1.82, 2.24) is 14.5 Å². The van der Waals surface area contributed by atoms with Crippen LogP contribution in [0, 0.1) is 45.3 Å². The van der Waals surface area contributed by atoms with E-state index in [-0.39, 0.29) is 11.1 Å². The molecule has 0 bridgehead atoms. The van der Waals surface area contributed by atoms with E-state index in [4.69, 9.17) is 31.0 Å². The third kappa shape index (κ3) is 4.22. The van der Waals surface area contributed by atoms with Crippen LogP contribution in [0.25, 0.3) is 52.6 Å². The highest BCUT2D eigenvalue weighted by Crippen LogP contribution is 2.44. The van der Waals surface area contributed by atoms with Crippen molar-refractivity contribution in [2.75, 3.05) is 0 Å². The van der Waals surface area contributed by atoms with E-state index in [0.29, 0.717) is 0 Å². The lowest BCUT2D eigenvalue weighted by molar-refractivity contribution is 0.713. The molecule has 0 amide bonds. The maximum atomic E-state index is 9.03. The van der Waals surface area contributed by atoms with Gasteiger partial charge in [0.05, 0.1) is 19.2 Å². The molecule has 11 heteroatoms. The second kappa shape index (κ2) is 9.87. The van der Waals surface area contributed by atoms with Gasteiger partial charge in [0.2, 0.25) is 0 Å². The van der Waals surface area contributed by atoms with Crippen molar-refractivity contribution in [2.24, 2.45) is 0 Å². The molecule has 0 unspecified atom stereocenters. The summed E-state index contributed by atoms with van der Waals surface area (Å²) in [5.41, 5.74) is 1.98. The molecule has 0 fully saturated rings. The number of nitrogens with zero attached hydrogens (tertiary/aromatic N) is 7. The minimum Gasteiger partial charge on any atom is -0.308 e. The number of allylic oxidation sites excluding steroid dienone is 2. The number of aromatic nitrogens is 3. The van der Waals surface area contributed by atoms with Gasteiger partial charge in [-0.2, -0.15) is 21.0 Å². The predicted molar refractivity (Wildman–Crippen MR) is 146 cm³/mol. The Labute approximate surface area is 222 Å². The van der Waals surface area contributed by atoms with Crippen LogP contribution in [0.15, 0.2) is 35.4 Å². The Hall–Kier alpha value is -4.10. The van der Waals surface area contributed by atoms with E-state index < -0.39 is 0 Å². The van der Waals surface area contributed by atoms with E-state index in [9.17, 15) is 0 Å². The lowest BCUT2D eigenvalue weighted by Gasteiger charge is -2.00. The van der Waals surface area contributed by atoms with Gasteiger partial charge in [0, 0.05) is 16.3 Å². The summed E-state index contributed by atoms with van der Waals surface area (Å²) in [6, 6.07) is 15.3. The lowest BCUT2D eigenvalue weighted by Crippen LogP contribution is -1.97. The number of rotatable bonds is 6. The monoisotopic (exact) mass is 539 g/mol. The number of fused-ring (bicyclic) bond motifs is 3. The Morgan fingerprint density at radius 2 is 1.19 bits per heavy atom. The number of thiophene rings is 2. The van der Waals surface area contributed by atoms with E-state index in [0.717, 1.165) is 63.2 Å². The van der Waals surface area contributed by atoms with Crippen molar-refractivity contribution in [2.45, 2.75) is 19.9 Å². The number of aryl methyl sites for hydroxylation is 1. The van der Waals surface area contributed by atoms with Crippen LogP contribution in [-0.4, -0.2) is 14.5 Å². The lowest BCUT2D eigenvalue weighted by atomic mass is 10.3. The normalized spacial score (nSPS) is 10.5. The Balaban J connectivity index is 1.57. The van der Waals surface area contributed by atoms with Crippen LogP contribution in [0.3, 0.4) is 0 Å². The predicted octanol–water partition coefficient (Wildman–Crippen LogP) is 7.44. The van der Waals surface area contributed by atoms with Crippen molar-refractivity contribution >= 4 is 78.2 Å². The second-order valence-corrected chi connectivity index (χ2v) is 11.7. The highest BCUT2D eigenvalue weighted by Gasteiger charge is 2.22. The van der Waals surface area contributed by atoms with Crippen LogP contribution in [0.1, 0.15) is 23.1 Å². The Bertz CT molecular complexity index is 1690. The quantitative estimate of drug-likeness (QED) is 0.206. The Morgan fingerprint density at radius 3 is 1.58 bits per heavy atom. The number of thiazole rings is 2. The molecule has 7 nitrogen and oxygen atoms in total. The molecule has 36 heavy (non-hydrogen) atoms. The first kappa shape index (κ1) is 23.6. The first-order valence-electron chi connectivity index (χ1n) is 10.6. The van der Waals surface area contributed by atoms with Gasteiger partial charge in [-0.1, -0.05) is 6.92 Å². The highest BCUT2D eigenvalue weighted by molar-refractivity contribution is 7.32. The average molecular weight is 540 g/mol. The molecule has 5 aromatic heterocycles. The van der Waals surface area contributed by atoms with Gasteiger partial charge in [0.1, 0.15) is 45.4 Å². The van der Waals surface area contributed by atoms with Gasteiger partial charge in [-0.25, -0.2) is 9.97 Å². The third-order valence-electron chi connectivity index (χ3n) is 5.11. The molecule has 0 aliphatic carbocycles. The zero-order chi connectivity index (χ0) is 25.2. The number of nitriles is 4. The van der Waals surface area contributed by atoms with Crippen molar-refractivity contribution < 1.29 is 0 Å². The van der Waals surface area contributed by atoms with E-state index in [1.165, 1.54) is 22.7 Å². The Morgan fingerprint density at radius 1 is 0.750 bits per heavy atom. The van der Waals surface area contributed by atoms with Crippen LogP contribution >= 0.6 is 45.3 Å². The summed E-state index contributed by atoms with van der Waals surface area (Å²) in [5.74, 6) is 0. The molecule has 5 aromatic rings. The number of hydrogen-bond donors (Lipinski definition) is 0. The summed E-state index contributed by atoms with van der Waals surface area (Å²) in [7, 11) is 0. The van der Waals surface area contributed by atoms with Crippen LogP contribution in [0.2, 0.25) is 0 Å². The molecule has 0 spiro atoms. The van der Waals surface area contributed by atoms with Gasteiger partial charge in [-0.15, -0.1) is 45.3 Å². The smallest absolute Gasteiger partial charge is 0.155 e. The summed E-state index contributed by atoms with van der Waals surface area (Å²) in [6.07, 6.45) is 4.12. The molecule has 0 radical (unpaired) electrons. The first-order chi connectivity index (χ1) is 17.6. The van der Waals surface area contributed by atoms with E-state index in [1.807, 2.05) is 48.5 Å². The van der Waals surface area contributed by atoms with Crippen molar-refractivity contribution in [3.63, 3.8) is 0 Å². The summed E-state index contributed by atoms with van der Waals surface area (Å²) in [4.78, 5) is 13.5. The van der Waals surface area contributed by atoms with E-state index >= 15 is 0 Å². The maximum absolute atomic E-state index is 9.03. The molecule has 0 N–H and O–H groups in total. The molecule has 0 aromatic carbocycles. The fraction of sp³-hybridized carbons (Fsp3) is 0.120. The molecular weight excluding hydrogens is 527 g/mol. The third-order valence-corrected chi connectivity index (χ3v) is 9.77. The van der Waals surface area contributed by atoms with E-state index in [1.54, 1.807) is 34.8 Å². The molecule has 0 aliphatic rings. The van der Waals surface area contributed by atoms with Crippen LogP contribution < -0.4 is 0 Å². The molecule has 0 aliphatic heterocycles. The summed E-state index contributed by atoms with van der Waals surface area (Å²) < 4.78 is 4.34.